The molecule has 1 aliphatic rings. The Morgan fingerprint density at radius 2 is 0.846 bits per heavy atom. The molecule has 12 rings (SSSR count). The number of rotatable bonds is 8. The molecule has 0 amide bonds. The second-order valence-corrected chi connectivity index (χ2v) is 17.2. The van der Waals surface area contributed by atoms with Crippen LogP contribution in [0.2, 0.25) is 0 Å². The van der Waals surface area contributed by atoms with Gasteiger partial charge < -0.3 is 9.32 Å². The number of nitrogens with zero attached hydrogens (tertiary/aromatic N) is 4. The standard InChI is InChI=1S/C60H42N4O/c1-60(2)52-23-13-12-21-48(52)49-35-34-47(38-53(49)60)64(45-30-25-40(26-31-45)39-15-6-3-7-16-39)46-32-27-41(28-33-46)44-29-36-54-51(37-44)56-50(22-14-24-55(56)65-54)59-62-57(42-17-8-4-9-18-42)61-58(63-59)43-19-10-5-11-20-43/h3-38H,1-2H3. The van der Waals surface area contributed by atoms with Crippen LogP contribution in [0.4, 0.5) is 17.1 Å². The first-order chi connectivity index (χ1) is 32.0. The van der Waals surface area contributed by atoms with Gasteiger partial charge in [-0.25, -0.2) is 15.0 Å². The van der Waals surface area contributed by atoms with Crippen molar-refractivity contribution >= 4 is 39.0 Å². The first-order valence-electron chi connectivity index (χ1n) is 22.1. The Labute approximate surface area is 378 Å². The topological polar surface area (TPSA) is 55.1 Å². The second-order valence-electron chi connectivity index (χ2n) is 17.2. The summed E-state index contributed by atoms with van der Waals surface area (Å²) in [7, 11) is 0. The highest BCUT2D eigenvalue weighted by Gasteiger charge is 2.35. The molecule has 5 heteroatoms. The van der Waals surface area contributed by atoms with Crippen LogP contribution >= 0.6 is 0 Å². The lowest BCUT2D eigenvalue weighted by Gasteiger charge is -2.28. The Hall–Kier alpha value is -8.41. The first-order valence-corrected chi connectivity index (χ1v) is 22.1. The van der Waals surface area contributed by atoms with Gasteiger partial charge in [0, 0.05) is 49.9 Å². The maximum Gasteiger partial charge on any atom is 0.164 e. The van der Waals surface area contributed by atoms with Crippen LogP contribution < -0.4 is 4.90 Å². The second kappa shape index (κ2) is 15.4. The van der Waals surface area contributed by atoms with Gasteiger partial charge in [0.1, 0.15) is 11.2 Å². The Bertz CT molecular complexity index is 3490. The molecule has 2 heterocycles. The molecule has 0 fully saturated rings. The maximum absolute atomic E-state index is 6.51. The third-order valence-corrected chi connectivity index (χ3v) is 13.0. The number of furan rings is 1. The molecule has 0 aliphatic heterocycles. The number of aromatic nitrogens is 3. The predicted molar refractivity (Wildman–Crippen MR) is 267 cm³/mol. The zero-order chi connectivity index (χ0) is 43.5. The van der Waals surface area contributed by atoms with Crippen molar-refractivity contribution in [3.8, 4) is 67.5 Å². The molecule has 0 saturated carbocycles. The summed E-state index contributed by atoms with van der Waals surface area (Å²) in [6, 6.07) is 76.9. The molecule has 0 saturated heterocycles. The summed E-state index contributed by atoms with van der Waals surface area (Å²) in [4.78, 5) is 17.5. The molecule has 9 aromatic carbocycles. The van der Waals surface area contributed by atoms with Gasteiger partial charge in [-0.05, 0) is 99.1 Å². The summed E-state index contributed by atoms with van der Waals surface area (Å²) in [5, 5.41) is 1.97. The minimum Gasteiger partial charge on any atom is -0.456 e. The van der Waals surface area contributed by atoms with E-state index in [0.717, 1.165) is 66.8 Å². The molecule has 0 radical (unpaired) electrons. The highest BCUT2D eigenvalue weighted by atomic mass is 16.3. The highest BCUT2D eigenvalue weighted by molar-refractivity contribution is 6.12. The molecule has 0 atom stereocenters. The van der Waals surface area contributed by atoms with Gasteiger partial charge in [-0.15, -0.1) is 0 Å². The van der Waals surface area contributed by atoms with Crippen LogP contribution in [0, 0.1) is 0 Å². The molecule has 0 N–H and O–H groups in total. The van der Waals surface area contributed by atoms with Gasteiger partial charge in [0.15, 0.2) is 17.5 Å². The molecular formula is C60H42N4O. The smallest absolute Gasteiger partial charge is 0.164 e. The van der Waals surface area contributed by atoms with Gasteiger partial charge in [-0.1, -0.05) is 178 Å². The Morgan fingerprint density at radius 1 is 0.354 bits per heavy atom. The third-order valence-electron chi connectivity index (χ3n) is 13.0. The average molecular weight is 835 g/mol. The van der Waals surface area contributed by atoms with E-state index >= 15 is 0 Å². The molecule has 11 aromatic rings. The molecule has 65 heavy (non-hydrogen) atoms. The van der Waals surface area contributed by atoms with Crippen molar-refractivity contribution in [1.29, 1.82) is 0 Å². The summed E-state index contributed by atoms with van der Waals surface area (Å²) < 4.78 is 6.51. The van der Waals surface area contributed by atoms with E-state index in [1.807, 2.05) is 72.8 Å². The van der Waals surface area contributed by atoms with Crippen LogP contribution in [0.5, 0.6) is 0 Å². The Morgan fingerprint density at radius 3 is 1.49 bits per heavy atom. The lowest BCUT2D eigenvalue weighted by atomic mass is 9.82. The van der Waals surface area contributed by atoms with Crippen molar-refractivity contribution in [2.24, 2.45) is 0 Å². The quantitative estimate of drug-likeness (QED) is 0.153. The molecular weight excluding hydrogens is 793 g/mol. The van der Waals surface area contributed by atoms with Crippen LogP contribution in [-0.2, 0) is 5.41 Å². The number of anilines is 3. The third kappa shape index (κ3) is 6.68. The average Bonchev–Trinajstić information content (AvgIpc) is 3.86. The fourth-order valence-corrected chi connectivity index (χ4v) is 9.64. The van der Waals surface area contributed by atoms with Gasteiger partial charge in [0.2, 0.25) is 0 Å². The van der Waals surface area contributed by atoms with Crippen molar-refractivity contribution in [3.63, 3.8) is 0 Å². The Kier molecular flexibility index (Phi) is 9.09. The van der Waals surface area contributed by atoms with Crippen molar-refractivity contribution in [2.45, 2.75) is 19.3 Å². The van der Waals surface area contributed by atoms with Crippen LogP contribution in [0.3, 0.4) is 0 Å². The van der Waals surface area contributed by atoms with Gasteiger partial charge in [0.05, 0.1) is 0 Å². The number of hydrogen-bond acceptors (Lipinski definition) is 5. The summed E-state index contributed by atoms with van der Waals surface area (Å²) >= 11 is 0. The summed E-state index contributed by atoms with van der Waals surface area (Å²) in [6.07, 6.45) is 0. The minimum atomic E-state index is -0.123. The SMILES string of the molecule is CC1(C)c2ccccc2-c2ccc(N(c3ccc(-c4ccccc4)cc3)c3ccc(-c4ccc5oc6cccc(-c7nc(-c8ccccc8)nc(-c8ccccc8)n7)c6c5c4)cc3)cc21. The van der Waals surface area contributed by atoms with Crippen molar-refractivity contribution in [3.05, 3.63) is 230 Å². The fraction of sp³-hybridized carbons (Fsp3) is 0.0500. The molecule has 2 aromatic heterocycles. The normalized spacial score (nSPS) is 12.6. The van der Waals surface area contributed by atoms with E-state index in [9.17, 15) is 0 Å². The number of hydrogen-bond donors (Lipinski definition) is 0. The predicted octanol–water partition coefficient (Wildman–Crippen LogP) is 15.9. The summed E-state index contributed by atoms with van der Waals surface area (Å²) in [6.45, 7) is 4.68. The van der Waals surface area contributed by atoms with E-state index in [0.29, 0.717) is 17.5 Å². The van der Waals surface area contributed by atoms with E-state index in [-0.39, 0.29) is 5.41 Å². The number of benzene rings is 9. The highest BCUT2D eigenvalue weighted by Crippen LogP contribution is 2.51. The zero-order valence-electron chi connectivity index (χ0n) is 36.0. The first kappa shape index (κ1) is 38.3. The number of fused-ring (bicyclic) bond motifs is 6. The van der Waals surface area contributed by atoms with Crippen LogP contribution in [0.15, 0.2) is 223 Å². The molecule has 308 valence electrons. The van der Waals surface area contributed by atoms with Crippen molar-refractivity contribution < 1.29 is 4.42 Å². The van der Waals surface area contributed by atoms with Gasteiger partial charge in [0.25, 0.3) is 0 Å². The monoisotopic (exact) mass is 834 g/mol. The maximum atomic E-state index is 6.51. The van der Waals surface area contributed by atoms with Gasteiger partial charge in [-0.3, -0.25) is 0 Å². The molecule has 0 spiro atoms. The molecule has 5 nitrogen and oxygen atoms in total. The van der Waals surface area contributed by atoms with E-state index in [4.69, 9.17) is 19.4 Å². The fourth-order valence-electron chi connectivity index (χ4n) is 9.64. The van der Waals surface area contributed by atoms with E-state index in [1.165, 1.54) is 33.4 Å². The van der Waals surface area contributed by atoms with Crippen molar-refractivity contribution in [1.82, 2.24) is 15.0 Å². The van der Waals surface area contributed by atoms with E-state index in [2.05, 4.69) is 164 Å². The van der Waals surface area contributed by atoms with Crippen LogP contribution in [0.25, 0.3) is 89.5 Å². The Balaban J connectivity index is 0.950. The zero-order valence-corrected chi connectivity index (χ0v) is 36.0. The van der Waals surface area contributed by atoms with E-state index in [1.54, 1.807) is 0 Å². The van der Waals surface area contributed by atoms with Crippen molar-refractivity contribution in [2.75, 3.05) is 4.90 Å². The van der Waals surface area contributed by atoms with Crippen LogP contribution in [0.1, 0.15) is 25.0 Å². The summed E-state index contributed by atoms with van der Waals surface area (Å²) in [5.41, 5.74) is 17.4. The summed E-state index contributed by atoms with van der Waals surface area (Å²) in [5.74, 6) is 1.83. The minimum absolute atomic E-state index is 0.123. The van der Waals surface area contributed by atoms with Gasteiger partial charge >= 0.3 is 0 Å². The molecule has 0 bridgehead atoms. The molecule has 1 aliphatic carbocycles. The van der Waals surface area contributed by atoms with E-state index < -0.39 is 0 Å². The molecule has 0 unspecified atom stereocenters. The van der Waals surface area contributed by atoms with Gasteiger partial charge in [-0.2, -0.15) is 0 Å². The lowest BCUT2D eigenvalue weighted by molar-refractivity contribution is 0.660. The largest absolute Gasteiger partial charge is 0.456 e. The van der Waals surface area contributed by atoms with Crippen LogP contribution in [-0.4, -0.2) is 15.0 Å². The lowest BCUT2D eigenvalue weighted by Crippen LogP contribution is -2.16.